The van der Waals surface area contributed by atoms with E-state index in [1.54, 1.807) is 6.07 Å². The molecule has 0 saturated carbocycles. The van der Waals surface area contributed by atoms with Crippen LogP contribution in [0.4, 0.5) is 0 Å². The Morgan fingerprint density at radius 2 is 1.89 bits per heavy atom. The van der Waals surface area contributed by atoms with Gasteiger partial charge in [-0.3, -0.25) is 4.57 Å². The molecule has 0 spiro atoms. The summed E-state index contributed by atoms with van der Waals surface area (Å²) in [5.74, 6) is 0.570. The van der Waals surface area contributed by atoms with Gasteiger partial charge in [-0.1, -0.05) is 19.4 Å². The zero-order valence-corrected chi connectivity index (χ0v) is 12.3. The van der Waals surface area contributed by atoms with Crippen molar-refractivity contribution in [3.8, 4) is 5.75 Å². The highest BCUT2D eigenvalue weighted by molar-refractivity contribution is 7.62. The minimum atomic E-state index is -3.27. The molecular formula is C13H21O4P. The van der Waals surface area contributed by atoms with Crippen molar-refractivity contribution in [1.82, 2.24) is 0 Å². The summed E-state index contributed by atoms with van der Waals surface area (Å²) in [5, 5.41) is 0.489. The summed E-state index contributed by atoms with van der Waals surface area (Å²) in [6, 6.07) is 5.51. The van der Waals surface area contributed by atoms with Crippen molar-refractivity contribution in [3.05, 3.63) is 23.8 Å². The maximum atomic E-state index is 12.4. The van der Waals surface area contributed by atoms with E-state index in [2.05, 4.69) is 6.92 Å². The Morgan fingerprint density at radius 3 is 2.44 bits per heavy atom. The van der Waals surface area contributed by atoms with Crippen LogP contribution in [-0.4, -0.2) is 20.8 Å². The van der Waals surface area contributed by atoms with Gasteiger partial charge in [-0.05, 0) is 31.0 Å². The van der Waals surface area contributed by atoms with E-state index in [0.29, 0.717) is 17.7 Å². The average molecular weight is 272 g/mol. The van der Waals surface area contributed by atoms with E-state index in [1.165, 1.54) is 14.2 Å². The number of rotatable bonds is 7. The summed E-state index contributed by atoms with van der Waals surface area (Å²) < 4.78 is 28.1. The molecule has 0 heterocycles. The van der Waals surface area contributed by atoms with E-state index >= 15 is 0 Å². The molecule has 0 amide bonds. The second kappa shape index (κ2) is 6.93. The van der Waals surface area contributed by atoms with Gasteiger partial charge in [-0.2, -0.15) is 0 Å². The molecule has 0 aliphatic carbocycles. The predicted molar refractivity (Wildman–Crippen MR) is 72.8 cm³/mol. The number of benzene rings is 1. The van der Waals surface area contributed by atoms with Gasteiger partial charge >= 0.3 is 7.60 Å². The molecule has 0 unspecified atom stereocenters. The molecule has 18 heavy (non-hydrogen) atoms. The minimum absolute atomic E-state index is 0.489. The van der Waals surface area contributed by atoms with Crippen LogP contribution in [-0.2, 0) is 13.6 Å². The Hall–Kier alpha value is -0.830. The molecule has 0 atom stereocenters. The molecular weight excluding hydrogens is 251 g/mol. The lowest BCUT2D eigenvalue weighted by Gasteiger charge is -2.18. The number of aryl methyl sites for hydroxylation is 1. The normalized spacial score (nSPS) is 11.6. The van der Waals surface area contributed by atoms with Crippen molar-refractivity contribution in [2.24, 2.45) is 0 Å². The van der Waals surface area contributed by atoms with E-state index in [1.807, 2.05) is 19.1 Å². The molecule has 102 valence electrons. The van der Waals surface area contributed by atoms with Gasteiger partial charge in [-0.15, -0.1) is 0 Å². The van der Waals surface area contributed by atoms with Crippen molar-refractivity contribution in [1.29, 1.82) is 0 Å². The SMILES string of the molecule is CCCCOc1ccc(C)cc1P(=O)(OC)OC. The van der Waals surface area contributed by atoms with Crippen LogP contribution < -0.4 is 10.0 Å². The molecule has 0 radical (unpaired) electrons. The van der Waals surface area contributed by atoms with Crippen LogP contribution in [0.15, 0.2) is 18.2 Å². The molecule has 0 fully saturated rings. The molecule has 0 saturated heterocycles. The van der Waals surface area contributed by atoms with Crippen molar-refractivity contribution in [3.63, 3.8) is 0 Å². The Morgan fingerprint density at radius 1 is 1.22 bits per heavy atom. The van der Waals surface area contributed by atoms with Crippen molar-refractivity contribution in [2.45, 2.75) is 26.7 Å². The van der Waals surface area contributed by atoms with Gasteiger partial charge in [0, 0.05) is 14.2 Å². The fraction of sp³-hybridized carbons (Fsp3) is 0.538. The van der Waals surface area contributed by atoms with E-state index in [-0.39, 0.29) is 0 Å². The predicted octanol–water partition coefficient (Wildman–Crippen LogP) is 3.29. The number of hydrogen-bond acceptors (Lipinski definition) is 4. The third-order valence-corrected chi connectivity index (χ3v) is 4.55. The first-order valence-corrected chi connectivity index (χ1v) is 7.57. The summed E-state index contributed by atoms with van der Waals surface area (Å²) in [6.07, 6.45) is 2.00. The fourth-order valence-electron chi connectivity index (χ4n) is 1.56. The first-order valence-electron chi connectivity index (χ1n) is 6.03. The highest BCUT2D eigenvalue weighted by atomic mass is 31.2. The largest absolute Gasteiger partial charge is 0.493 e. The second-order valence-corrected chi connectivity index (χ2v) is 6.24. The molecule has 0 aromatic heterocycles. The van der Waals surface area contributed by atoms with E-state index in [0.717, 1.165) is 18.4 Å². The van der Waals surface area contributed by atoms with Gasteiger partial charge in [-0.25, -0.2) is 0 Å². The van der Waals surface area contributed by atoms with Crippen LogP contribution in [0.3, 0.4) is 0 Å². The summed E-state index contributed by atoms with van der Waals surface area (Å²) >= 11 is 0. The molecule has 1 aromatic carbocycles. The summed E-state index contributed by atoms with van der Waals surface area (Å²) in [4.78, 5) is 0. The molecule has 0 bridgehead atoms. The summed E-state index contributed by atoms with van der Waals surface area (Å²) in [6.45, 7) is 4.61. The number of ether oxygens (including phenoxy) is 1. The van der Waals surface area contributed by atoms with E-state index < -0.39 is 7.60 Å². The van der Waals surface area contributed by atoms with Crippen molar-refractivity contribution >= 4 is 12.9 Å². The molecule has 0 aliphatic heterocycles. The molecule has 1 rings (SSSR count). The standard InChI is InChI=1S/C13H21O4P/c1-5-6-9-17-12-8-7-11(2)10-13(12)18(14,15-3)16-4/h7-8,10H,5-6,9H2,1-4H3. The smallest absolute Gasteiger partial charge is 0.364 e. The Labute approximate surface area is 109 Å². The minimum Gasteiger partial charge on any atom is -0.493 e. The van der Waals surface area contributed by atoms with E-state index in [9.17, 15) is 4.57 Å². The zero-order valence-electron chi connectivity index (χ0n) is 11.4. The first kappa shape index (κ1) is 15.2. The van der Waals surface area contributed by atoms with Crippen LogP contribution in [0.1, 0.15) is 25.3 Å². The fourth-order valence-corrected chi connectivity index (χ4v) is 2.87. The number of unbranched alkanes of at least 4 members (excludes halogenated alkanes) is 1. The maximum absolute atomic E-state index is 12.4. The number of hydrogen-bond donors (Lipinski definition) is 0. The second-order valence-electron chi connectivity index (χ2n) is 4.04. The van der Waals surface area contributed by atoms with Gasteiger partial charge in [0.15, 0.2) is 0 Å². The van der Waals surface area contributed by atoms with Crippen molar-refractivity contribution in [2.75, 3.05) is 20.8 Å². The summed E-state index contributed by atoms with van der Waals surface area (Å²) in [7, 11) is -0.517. The highest BCUT2D eigenvalue weighted by Gasteiger charge is 2.28. The molecule has 0 aliphatic rings. The lowest BCUT2D eigenvalue weighted by Crippen LogP contribution is -2.13. The molecule has 5 heteroatoms. The molecule has 0 N–H and O–H groups in total. The van der Waals surface area contributed by atoms with Gasteiger partial charge in [0.05, 0.1) is 6.61 Å². The third-order valence-electron chi connectivity index (χ3n) is 2.65. The Kier molecular flexibility index (Phi) is 5.86. The third kappa shape index (κ3) is 3.58. The molecule has 1 aromatic rings. The van der Waals surface area contributed by atoms with Gasteiger partial charge in [0.1, 0.15) is 11.1 Å². The van der Waals surface area contributed by atoms with Crippen LogP contribution in [0.5, 0.6) is 5.75 Å². The van der Waals surface area contributed by atoms with Crippen molar-refractivity contribution < 1.29 is 18.3 Å². The topological polar surface area (TPSA) is 44.8 Å². The maximum Gasteiger partial charge on any atom is 0.364 e. The molecule has 4 nitrogen and oxygen atoms in total. The van der Waals surface area contributed by atoms with Crippen LogP contribution in [0.2, 0.25) is 0 Å². The van der Waals surface area contributed by atoms with Gasteiger partial charge < -0.3 is 13.8 Å². The first-order chi connectivity index (χ1) is 8.57. The van der Waals surface area contributed by atoms with Gasteiger partial charge in [0.25, 0.3) is 0 Å². The Balaban J connectivity index is 3.07. The zero-order chi connectivity index (χ0) is 13.6. The Bertz CT molecular complexity index is 423. The van der Waals surface area contributed by atoms with Crippen LogP contribution >= 0.6 is 7.60 Å². The van der Waals surface area contributed by atoms with Crippen LogP contribution in [0, 0.1) is 6.92 Å². The highest BCUT2D eigenvalue weighted by Crippen LogP contribution is 2.47. The van der Waals surface area contributed by atoms with Crippen LogP contribution in [0.25, 0.3) is 0 Å². The van der Waals surface area contributed by atoms with E-state index in [4.69, 9.17) is 13.8 Å². The van der Waals surface area contributed by atoms with Gasteiger partial charge in [0.2, 0.25) is 0 Å². The summed E-state index contributed by atoms with van der Waals surface area (Å²) in [5.41, 5.74) is 0.988. The quantitative estimate of drug-likeness (QED) is 0.564. The lowest BCUT2D eigenvalue weighted by molar-refractivity contribution is 0.282. The monoisotopic (exact) mass is 272 g/mol. The average Bonchev–Trinajstić information content (AvgIpc) is 2.39. The lowest BCUT2D eigenvalue weighted by atomic mass is 10.2.